The molecule has 8 aliphatic rings. The Morgan fingerprint density at radius 2 is 0.698 bits per heavy atom. The maximum absolute atomic E-state index is 6.17. The standard InChI is InChI=1S/C14H29NO.C12H25NO.4C11H23NO.C10H21NO.C9H22N2.C9H19NO/c1-12(2,3)16-11-9-13(4,5)15(8)14(6,7)10-11;1-5-13-8-6-7-11(9-13)10-14-12(2,3)4;1-11(2,3)13-9-10-5-7-12(4)8-6-10;1-11(2,3)13-9-10-6-5-7-12(4)8-10;1-11(2,3)13-9-10-7-5-6-8-12(10)4;1-5-12-8-6-10(7-9-12)13-11(2,3)4;1-10(2,3)12-9-5-7-11(4)8-6-9;1-9(2,3)10-7-6-8-11(4)5;1-9(2,3)11-8-5-6-10(4)7-8/h11H,9-10H2,1-8H3;11H,5-10H2,1-4H3;4*10H,5-9H2,1-4H3;9H,5-8H2,1-4H3;10H,6-8H2,1-5H3;8H,5-7H2,1-4H3. The lowest BCUT2D eigenvalue weighted by Crippen LogP contribution is -2.60. The Kier molecular flexibility index (Phi) is 54.7. The Bertz CT molecular complexity index is 2370. The van der Waals surface area contributed by atoms with Crippen LogP contribution in [0.3, 0.4) is 0 Å². The van der Waals surface area contributed by atoms with E-state index in [1.807, 2.05) is 0 Å². The van der Waals surface area contributed by atoms with Crippen LogP contribution in [0, 0.1) is 17.8 Å². The number of rotatable bonds is 18. The second-order valence-electron chi connectivity index (χ2n) is 46.5. The fourth-order valence-corrected chi connectivity index (χ4v) is 15.7. The third kappa shape index (κ3) is 65.8. The summed E-state index contributed by atoms with van der Waals surface area (Å²) in [5.74, 6) is 2.29. The van der Waals surface area contributed by atoms with Crippen LogP contribution in [0.15, 0.2) is 0 Å². The van der Waals surface area contributed by atoms with Crippen molar-refractivity contribution in [2.75, 3.05) is 194 Å². The summed E-state index contributed by atoms with van der Waals surface area (Å²) >= 11 is 0. The van der Waals surface area contributed by atoms with Crippen molar-refractivity contribution in [3.8, 4) is 0 Å². The zero-order chi connectivity index (χ0) is 89.5. The number of likely N-dealkylation sites (tertiary alicyclic amines) is 8. The summed E-state index contributed by atoms with van der Waals surface area (Å²) in [6.07, 6.45) is 23.2. The minimum absolute atomic E-state index is 0.0122. The smallest absolute Gasteiger partial charge is 0.0721 e. The zero-order valence-electron chi connectivity index (χ0n) is 85.8. The molecule has 116 heavy (non-hydrogen) atoms. The number of nitrogens with one attached hydrogen (secondary N) is 1. The van der Waals surface area contributed by atoms with Crippen molar-refractivity contribution in [1.29, 1.82) is 0 Å². The summed E-state index contributed by atoms with van der Waals surface area (Å²) in [6.45, 7) is 95.5. The van der Waals surface area contributed by atoms with Gasteiger partial charge in [0.05, 0.1) is 95.7 Å². The molecule has 4 unspecified atom stereocenters. The van der Waals surface area contributed by atoms with Crippen LogP contribution < -0.4 is 5.32 Å². The molecule has 0 aliphatic carbocycles. The molecule has 0 aromatic carbocycles. The Balaban J connectivity index is 0.00000129. The summed E-state index contributed by atoms with van der Waals surface area (Å²) in [4.78, 5) is 21.6. The lowest BCUT2D eigenvalue weighted by atomic mass is 9.78. The van der Waals surface area contributed by atoms with Gasteiger partial charge in [0.25, 0.3) is 0 Å². The van der Waals surface area contributed by atoms with E-state index in [-0.39, 0.29) is 61.4 Å². The Hall–Kier alpha value is -0.720. The van der Waals surface area contributed by atoms with E-state index in [0.717, 1.165) is 70.1 Å². The maximum atomic E-state index is 6.17. The topological polar surface area (TPSA) is 115 Å². The highest BCUT2D eigenvalue weighted by molar-refractivity contribution is 4.99. The molecule has 8 heterocycles. The van der Waals surface area contributed by atoms with Gasteiger partial charge in [0.1, 0.15) is 0 Å². The van der Waals surface area contributed by atoms with Gasteiger partial charge in [-0.1, -0.05) is 20.3 Å². The van der Waals surface area contributed by atoms with Crippen molar-refractivity contribution in [3.05, 3.63) is 0 Å². The van der Waals surface area contributed by atoms with Crippen LogP contribution in [0.5, 0.6) is 0 Å². The third-order valence-electron chi connectivity index (χ3n) is 22.3. The first kappa shape index (κ1) is 115. The second-order valence-corrected chi connectivity index (χ2v) is 46.5. The van der Waals surface area contributed by atoms with E-state index in [4.69, 9.17) is 37.9 Å². The van der Waals surface area contributed by atoms with Gasteiger partial charge in [-0.2, -0.15) is 0 Å². The molecule has 0 amide bonds. The van der Waals surface area contributed by atoms with Crippen LogP contribution in [-0.2, 0) is 37.9 Å². The van der Waals surface area contributed by atoms with Gasteiger partial charge in [0, 0.05) is 75.0 Å². The van der Waals surface area contributed by atoms with Crippen LogP contribution in [0.2, 0.25) is 0 Å². The molecule has 8 rings (SSSR count). The van der Waals surface area contributed by atoms with E-state index in [1.54, 1.807) is 0 Å². The Morgan fingerprint density at radius 1 is 0.336 bits per heavy atom. The highest BCUT2D eigenvalue weighted by atomic mass is 16.5. The van der Waals surface area contributed by atoms with E-state index in [1.165, 1.54) is 194 Å². The van der Waals surface area contributed by atoms with E-state index in [9.17, 15) is 0 Å². The molecule has 0 spiro atoms. The fraction of sp³-hybridized carbons (Fsp3) is 1.00. The lowest BCUT2D eigenvalue weighted by molar-refractivity contribution is -0.136. The molecule has 698 valence electrons. The molecule has 8 aliphatic heterocycles. The van der Waals surface area contributed by atoms with Crippen LogP contribution in [0.4, 0.5) is 0 Å². The van der Waals surface area contributed by atoms with Gasteiger partial charge in [-0.3, -0.25) is 4.90 Å². The number of ether oxygens (including phenoxy) is 8. The second kappa shape index (κ2) is 55.0. The predicted octanol–water partition coefficient (Wildman–Crippen LogP) is 19.6. The van der Waals surface area contributed by atoms with Gasteiger partial charge < -0.3 is 82.4 Å². The van der Waals surface area contributed by atoms with Gasteiger partial charge in [0.2, 0.25) is 0 Å². The van der Waals surface area contributed by atoms with Gasteiger partial charge in [-0.25, -0.2) is 0 Å². The first-order chi connectivity index (χ1) is 52.8. The molecular weight excluding hydrogens is 1450 g/mol. The minimum atomic E-state index is -0.0350. The highest BCUT2D eigenvalue weighted by Gasteiger charge is 2.44. The first-order valence-corrected chi connectivity index (χ1v) is 47.1. The van der Waals surface area contributed by atoms with Crippen molar-refractivity contribution in [1.82, 2.24) is 49.4 Å². The molecule has 0 aromatic heterocycles. The zero-order valence-corrected chi connectivity index (χ0v) is 85.8. The Labute approximate surface area is 724 Å². The highest BCUT2D eigenvalue weighted by Crippen LogP contribution is 2.39. The van der Waals surface area contributed by atoms with Crippen LogP contribution in [0.25, 0.3) is 0 Å². The monoisotopic (exact) mass is 1650 g/mol. The molecule has 0 radical (unpaired) electrons. The fourth-order valence-electron chi connectivity index (χ4n) is 15.7. The number of hydrogen-bond donors (Lipinski definition) is 1. The average molecular weight is 1650 g/mol. The van der Waals surface area contributed by atoms with Crippen LogP contribution in [0.1, 0.15) is 338 Å². The molecule has 8 fully saturated rings. The summed E-state index contributed by atoms with van der Waals surface area (Å²) in [5.41, 5.74) is 0.843. The van der Waals surface area contributed by atoms with Crippen LogP contribution >= 0.6 is 0 Å². The molecule has 8 saturated heterocycles. The first-order valence-electron chi connectivity index (χ1n) is 47.1. The quantitative estimate of drug-likeness (QED) is 0.131. The summed E-state index contributed by atoms with van der Waals surface area (Å²) in [5, 5.41) is 3.45. The number of likely N-dealkylation sites (N-methyl/N-ethyl adjacent to an activating group) is 2. The van der Waals surface area contributed by atoms with Crippen molar-refractivity contribution in [3.63, 3.8) is 0 Å². The average Bonchev–Trinajstić information content (AvgIpc) is 0.837. The van der Waals surface area contributed by atoms with Gasteiger partial charge in [0.15, 0.2) is 0 Å². The predicted molar refractivity (Wildman–Crippen MR) is 503 cm³/mol. The number of nitrogens with zero attached hydrogens (tertiary/aromatic N) is 9. The lowest BCUT2D eigenvalue weighted by Gasteiger charge is -2.54. The largest absolute Gasteiger partial charge is 0.376 e. The van der Waals surface area contributed by atoms with Crippen molar-refractivity contribution in [2.24, 2.45) is 17.8 Å². The van der Waals surface area contributed by atoms with Crippen LogP contribution in [-0.4, -0.2) is 330 Å². The van der Waals surface area contributed by atoms with Crippen molar-refractivity contribution < 1.29 is 37.9 Å². The van der Waals surface area contributed by atoms with Crippen molar-refractivity contribution >= 4 is 0 Å². The number of hydrogen-bond acceptors (Lipinski definition) is 18. The summed E-state index contributed by atoms with van der Waals surface area (Å²) < 4.78 is 47.1. The normalized spacial score (nSPS) is 23.8. The maximum Gasteiger partial charge on any atom is 0.0721 e. The molecule has 1 N–H and O–H groups in total. The Morgan fingerprint density at radius 3 is 1.08 bits per heavy atom. The molecule has 0 aromatic rings. The van der Waals surface area contributed by atoms with E-state index >= 15 is 0 Å². The number of piperidine rings is 7. The van der Waals surface area contributed by atoms with Crippen molar-refractivity contribution in [2.45, 2.75) is 430 Å². The molecular formula is C98H208N10O8. The molecule has 18 heteroatoms. The van der Waals surface area contributed by atoms with Gasteiger partial charge >= 0.3 is 0 Å². The SMILES string of the molecule is CCN1CCC(OC(C)(C)C)CC1.CCN1CCCC(COC(C)(C)C)C1.CN(C)CCCNC(C)(C)C.CN1C(C)(C)CC(OC(C)(C)C)CC1(C)C.CN1CCC(COC(C)(C)C)CC1.CN1CCC(OC(C)(C)C)C1.CN1CCC(OC(C)(C)C)CC1.CN1CCCC(COC(C)(C)C)C1.CN1CCCCC1COC(C)(C)C. The molecule has 0 saturated carbocycles. The van der Waals surface area contributed by atoms with E-state index in [0.29, 0.717) is 30.5 Å². The van der Waals surface area contributed by atoms with Gasteiger partial charge in [-0.05, 0) is 450 Å². The third-order valence-corrected chi connectivity index (χ3v) is 22.3. The van der Waals surface area contributed by atoms with E-state index < -0.39 is 0 Å². The van der Waals surface area contributed by atoms with E-state index in [2.05, 4.69) is 334 Å². The minimum Gasteiger partial charge on any atom is -0.376 e. The van der Waals surface area contributed by atoms with Gasteiger partial charge in [-0.15, -0.1) is 0 Å². The molecule has 4 atom stereocenters. The summed E-state index contributed by atoms with van der Waals surface area (Å²) in [6, 6.07) is 0.646. The molecule has 0 bridgehead atoms. The molecule has 18 nitrogen and oxygen atoms in total. The summed E-state index contributed by atoms with van der Waals surface area (Å²) in [7, 11) is 17.4.